The Kier molecular flexibility index (Phi) is 5.73. The zero-order valence-electron chi connectivity index (χ0n) is 11.9. The lowest BCUT2D eigenvalue weighted by atomic mass is 9.90. The first kappa shape index (κ1) is 23.9. The van der Waals surface area contributed by atoms with Gasteiger partial charge in [-0.05, 0) is 18.2 Å². The number of rotatable bonds is 5. The average Bonchev–Trinajstić information content (AvgIpc) is 2.44. The highest BCUT2D eigenvalue weighted by atomic mass is 35.5. The van der Waals surface area contributed by atoms with Crippen molar-refractivity contribution >= 4 is 23.2 Å². The third kappa shape index (κ3) is 3.30. The molecule has 0 N–H and O–H groups in total. The molecule has 0 unspecified atom stereocenters. The Morgan fingerprint density at radius 3 is 1.33 bits per heavy atom. The van der Waals surface area contributed by atoms with Crippen LogP contribution in [0, 0.1) is 0 Å². The first-order valence-corrected chi connectivity index (χ1v) is 6.83. The quantitative estimate of drug-likeness (QED) is 0.404. The lowest BCUT2D eigenvalue weighted by molar-refractivity contribution is -0.441. The Morgan fingerprint density at radius 2 is 0.963 bits per heavy atom. The minimum Gasteiger partial charge on any atom is -0.194 e. The number of halogens is 15. The molecule has 0 fully saturated rings. The molecule has 0 aliphatic carbocycles. The highest BCUT2D eigenvalue weighted by Gasteiger charge is 2.90. The fourth-order valence-corrected chi connectivity index (χ4v) is 2.21. The van der Waals surface area contributed by atoms with Gasteiger partial charge in [0.15, 0.2) is 0 Å². The fourth-order valence-electron chi connectivity index (χ4n) is 1.68. The van der Waals surface area contributed by atoms with E-state index in [1.165, 1.54) is 0 Å². The molecule has 0 bridgehead atoms. The molecule has 0 heterocycles. The Morgan fingerprint density at radius 1 is 0.556 bits per heavy atom. The molecule has 0 atom stereocenters. The minimum atomic E-state index is -7.95. The number of benzene rings is 1. The molecule has 0 saturated carbocycles. The van der Waals surface area contributed by atoms with Crippen molar-refractivity contribution in [2.24, 2.45) is 0 Å². The van der Waals surface area contributed by atoms with Gasteiger partial charge in [0.25, 0.3) is 0 Å². The molecule has 15 heteroatoms. The van der Waals surface area contributed by atoms with Gasteiger partial charge in [-0.2, -0.15) is 57.1 Å². The van der Waals surface area contributed by atoms with Crippen molar-refractivity contribution in [1.29, 1.82) is 0 Å². The van der Waals surface area contributed by atoms with Crippen molar-refractivity contribution in [1.82, 2.24) is 0 Å². The first-order chi connectivity index (χ1) is 11.7. The van der Waals surface area contributed by atoms with E-state index in [2.05, 4.69) is 0 Å². The number of alkyl halides is 13. The van der Waals surface area contributed by atoms with Crippen LogP contribution in [-0.2, 0) is 5.92 Å². The third-order valence-electron chi connectivity index (χ3n) is 3.20. The van der Waals surface area contributed by atoms with Gasteiger partial charge in [0.05, 0.1) is 5.02 Å². The monoisotopic (exact) mass is 464 g/mol. The van der Waals surface area contributed by atoms with Gasteiger partial charge in [0.1, 0.15) is 0 Å². The summed E-state index contributed by atoms with van der Waals surface area (Å²) in [4.78, 5) is 0. The molecule has 0 spiro atoms. The van der Waals surface area contributed by atoms with Crippen molar-refractivity contribution in [2.75, 3.05) is 0 Å². The van der Waals surface area contributed by atoms with Crippen molar-refractivity contribution in [3.8, 4) is 0 Å². The van der Waals surface area contributed by atoms with Gasteiger partial charge < -0.3 is 0 Å². The maximum Gasteiger partial charge on any atom is 0.460 e. The van der Waals surface area contributed by atoms with Gasteiger partial charge in [-0.25, -0.2) is 0 Å². The van der Waals surface area contributed by atoms with E-state index < -0.39 is 51.4 Å². The summed E-state index contributed by atoms with van der Waals surface area (Å²) in [6.45, 7) is 0. The van der Waals surface area contributed by atoms with E-state index in [9.17, 15) is 57.1 Å². The molecule has 0 radical (unpaired) electrons. The molecule has 1 aromatic carbocycles. The van der Waals surface area contributed by atoms with E-state index >= 15 is 0 Å². The van der Waals surface area contributed by atoms with E-state index in [0.717, 1.165) is 0 Å². The van der Waals surface area contributed by atoms with Crippen LogP contribution in [0.15, 0.2) is 18.2 Å². The Bertz CT molecular complexity index is 708. The van der Waals surface area contributed by atoms with Crippen LogP contribution >= 0.6 is 23.2 Å². The van der Waals surface area contributed by atoms with Crippen LogP contribution in [0.2, 0.25) is 10.0 Å². The Labute approximate surface area is 150 Å². The molecular weight excluding hydrogens is 462 g/mol. The Hall–Kier alpha value is -1.11. The molecular formula is C12H3Cl2F13. The van der Waals surface area contributed by atoms with Crippen molar-refractivity contribution in [3.63, 3.8) is 0 Å². The molecule has 0 saturated heterocycles. The summed E-state index contributed by atoms with van der Waals surface area (Å²) in [7, 11) is 0. The lowest BCUT2D eigenvalue weighted by Gasteiger charge is -2.39. The van der Waals surface area contributed by atoms with Crippen LogP contribution in [0.25, 0.3) is 0 Å². The number of hydrogen-bond donors (Lipinski definition) is 0. The van der Waals surface area contributed by atoms with Crippen molar-refractivity contribution in [3.05, 3.63) is 33.8 Å². The van der Waals surface area contributed by atoms with E-state index in [1.54, 1.807) is 0 Å². The second-order valence-corrected chi connectivity index (χ2v) is 5.84. The minimum absolute atomic E-state index is 0.116. The molecule has 0 nitrogen and oxygen atoms in total. The summed E-state index contributed by atoms with van der Waals surface area (Å²) in [6.07, 6.45) is -7.46. The van der Waals surface area contributed by atoms with Crippen LogP contribution in [-0.4, -0.2) is 29.9 Å². The van der Waals surface area contributed by atoms with Gasteiger partial charge in [-0.15, -0.1) is 0 Å². The summed E-state index contributed by atoms with van der Waals surface area (Å²) >= 11 is 10.3. The molecule has 1 rings (SSSR count). The second-order valence-electron chi connectivity index (χ2n) is 4.99. The van der Waals surface area contributed by atoms with E-state index in [1.807, 2.05) is 0 Å². The van der Waals surface area contributed by atoms with Crippen LogP contribution in [0.1, 0.15) is 5.56 Å². The molecule has 0 aliphatic heterocycles. The number of hydrogen-bond acceptors (Lipinski definition) is 0. The lowest BCUT2D eigenvalue weighted by Crippen LogP contribution is -2.69. The van der Waals surface area contributed by atoms with Crippen LogP contribution in [0.3, 0.4) is 0 Å². The largest absolute Gasteiger partial charge is 0.460 e. The highest BCUT2D eigenvalue weighted by molar-refractivity contribution is 6.35. The summed E-state index contributed by atoms with van der Waals surface area (Å²) < 4.78 is 169. The maximum atomic E-state index is 13.8. The van der Waals surface area contributed by atoms with Gasteiger partial charge in [0, 0.05) is 10.6 Å². The second kappa shape index (κ2) is 6.46. The van der Waals surface area contributed by atoms with Crippen molar-refractivity contribution < 1.29 is 57.1 Å². The summed E-state index contributed by atoms with van der Waals surface area (Å²) in [6, 6.07) is 0.561. The maximum absolute atomic E-state index is 13.8. The van der Waals surface area contributed by atoms with Gasteiger partial charge in [0.2, 0.25) is 0 Å². The van der Waals surface area contributed by atoms with Crippen LogP contribution in [0.5, 0.6) is 0 Å². The third-order valence-corrected chi connectivity index (χ3v) is 3.75. The fraction of sp³-hybridized carbons (Fsp3) is 0.500. The first-order valence-electron chi connectivity index (χ1n) is 6.07. The Balaban J connectivity index is 3.63. The smallest absolute Gasteiger partial charge is 0.194 e. The van der Waals surface area contributed by atoms with Gasteiger partial charge in [-0.3, -0.25) is 0 Å². The summed E-state index contributed by atoms with van der Waals surface area (Å²) in [5, 5.41) is -1.96. The normalized spacial score (nSPS) is 15.2. The van der Waals surface area contributed by atoms with Crippen LogP contribution in [0.4, 0.5) is 57.1 Å². The predicted molar refractivity (Wildman–Crippen MR) is 66.2 cm³/mol. The van der Waals surface area contributed by atoms with Gasteiger partial charge in [-0.1, -0.05) is 23.2 Å². The van der Waals surface area contributed by atoms with Gasteiger partial charge >= 0.3 is 35.8 Å². The topological polar surface area (TPSA) is 0 Å². The van der Waals surface area contributed by atoms with E-state index in [4.69, 9.17) is 23.2 Å². The molecule has 0 aliphatic rings. The standard InChI is InChI=1S/C12H3Cl2F13/c13-4-1-2-5(6(14)3-4)7(15,16)8(17,18)9(19,20)10(21,22)11(23,24)12(25,26)27/h1-3H. The SMILES string of the molecule is FC(F)(F)C(F)(F)C(F)(F)C(F)(F)C(F)(F)C(F)(F)c1ccc(Cl)cc1Cl. The molecule has 27 heavy (non-hydrogen) atoms. The van der Waals surface area contributed by atoms with E-state index in [0.29, 0.717) is 12.1 Å². The van der Waals surface area contributed by atoms with E-state index in [-0.39, 0.29) is 6.07 Å². The van der Waals surface area contributed by atoms with Crippen LogP contribution < -0.4 is 0 Å². The highest BCUT2D eigenvalue weighted by Crippen LogP contribution is 2.62. The molecule has 0 amide bonds. The zero-order valence-corrected chi connectivity index (χ0v) is 13.4. The summed E-state index contributed by atoms with van der Waals surface area (Å²) in [5.74, 6) is -37.4. The summed E-state index contributed by atoms with van der Waals surface area (Å²) in [5.41, 5.74) is -2.26. The molecule has 0 aromatic heterocycles. The predicted octanol–water partition coefficient (Wildman–Crippen LogP) is 7.19. The van der Waals surface area contributed by atoms with Crippen molar-refractivity contribution in [2.45, 2.75) is 35.8 Å². The zero-order chi connectivity index (χ0) is 21.9. The molecule has 156 valence electrons. The average molecular weight is 465 g/mol. The molecule has 1 aromatic rings.